The Morgan fingerprint density at radius 1 is 1.56 bits per heavy atom. The SMILES string of the molecule is CC(C)[C@H](N)C(=O)O.[CaH2]. The van der Waals surface area contributed by atoms with Crippen molar-refractivity contribution in [2.75, 3.05) is 0 Å². The average molecular weight is 159 g/mol. The molecule has 0 aromatic carbocycles. The van der Waals surface area contributed by atoms with Gasteiger partial charge < -0.3 is 10.8 Å². The molecular weight excluding hydrogens is 146 g/mol. The minimum absolute atomic E-state index is 0. The predicted octanol–water partition coefficient (Wildman–Crippen LogP) is -0.862. The Balaban J connectivity index is 0. The van der Waals surface area contributed by atoms with Crippen LogP contribution in [0.15, 0.2) is 0 Å². The van der Waals surface area contributed by atoms with Crippen molar-refractivity contribution in [2.45, 2.75) is 19.9 Å². The van der Waals surface area contributed by atoms with Crippen LogP contribution in [0, 0.1) is 5.92 Å². The molecular formula is C5H13CaNO2. The Morgan fingerprint density at radius 3 is 1.89 bits per heavy atom. The summed E-state index contributed by atoms with van der Waals surface area (Å²) in [7, 11) is 0. The molecule has 0 bridgehead atoms. The van der Waals surface area contributed by atoms with Crippen LogP contribution in [0.4, 0.5) is 0 Å². The molecule has 9 heavy (non-hydrogen) atoms. The van der Waals surface area contributed by atoms with Crippen molar-refractivity contribution in [2.24, 2.45) is 11.7 Å². The van der Waals surface area contributed by atoms with Crippen LogP contribution in [0.1, 0.15) is 13.8 Å². The Labute approximate surface area is 84.6 Å². The summed E-state index contributed by atoms with van der Waals surface area (Å²) < 4.78 is 0. The van der Waals surface area contributed by atoms with Gasteiger partial charge in [0.15, 0.2) is 0 Å². The first-order chi connectivity index (χ1) is 3.55. The molecule has 0 aliphatic rings. The van der Waals surface area contributed by atoms with Crippen molar-refractivity contribution in [3.8, 4) is 0 Å². The fourth-order valence-electron chi connectivity index (χ4n) is 0.285. The first-order valence-electron chi connectivity index (χ1n) is 2.54. The van der Waals surface area contributed by atoms with Gasteiger partial charge in [0, 0.05) is 0 Å². The molecule has 0 spiro atoms. The molecule has 4 heteroatoms. The molecule has 0 radical (unpaired) electrons. The summed E-state index contributed by atoms with van der Waals surface area (Å²) in [6.07, 6.45) is 0. The first kappa shape index (κ1) is 12.4. The maximum atomic E-state index is 10.0. The van der Waals surface area contributed by atoms with Crippen molar-refractivity contribution < 1.29 is 9.90 Å². The topological polar surface area (TPSA) is 63.3 Å². The molecule has 0 unspecified atom stereocenters. The summed E-state index contributed by atoms with van der Waals surface area (Å²) >= 11 is 0. The van der Waals surface area contributed by atoms with Crippen LogP contribution < -0.4 is 5.73 Å². The number of rotatable bonds is 2. The second-order valence-corrected chi connectivity index (χ2v) is 2.11. The molecule has 0 aromatic rings. The van der Waals surface area contributed by atoms with Gasteiger partial charge in [-0.2, -0.15) is 0 Å². The summed E-state index contributed by atoms with van der Waals surface area (Å²) in [5, 5.41) is 8.23. The molecule has 0 saturated carbocycles. The van der Waals surface area contributed by atoms with E-state index in [0.29, 0.717) is 0 Å². The molecule has 0 fully saturated rings. The van der Waals surface area contributed by atoms with Crippen LogP contribution >= 0.6 is 0 Å². The van der Waals surface area contributed by atoms with Gasteiger partial charge in [-0.1, -0.05) is 13.8 Å². The Morgan fingerprint density at radius 2 is 1.89 bits per heavy atom. The number of aliphatic carboxylic acids is 1. The molecule has 3 nitrogen and oxygen atoms in total. The van der Waals surface area contributed by atoms with Crippen molar-refractivity contribution in [3.05, 3.63) is 0 Å². The van der Waals surface area contributed by atoms with Gasteiger partial charge in [0.05, 0.1) is 0 Å². The molecule has 0 heterocycles. The number of carboxylic acid groups (broad SMARTS) is 1. The van der Waals surface area contributed by atoms with E-state index in [1.807, 2.05) is 0 Å². The summed E-state index contributed by atoms with van der Waals surface area (Å²) in [4.78, 5) is 10.0. The molecule has 52 valence electrons. The van der Waals surface area contributed by atoms with E-state index >= 15 is 0 Å². The van der Waals surface area contributed by atoms with E-state index in [1.165, 1.54) is 0 Å². The average Bonchev–Trinajstić information content (AvgIpc) is 1.64. The van der Waals surface area contributed by atoms with Gasteiger partial charge in [0.2, 0.25) is 0 Å². The standard InChI is InChI=1S/C5H11NO2.Ca.2H/c1-3(2)4(6)5(7)8;;;/h3-4H,6H2,1-2H3,(H,7,8);;;/t4-;;;/m0.../s1. The number of carboxylic acids is 1. The third kappa shape index (κ3) is 5.15. The van der Waals surface area contributed by atoms with Gasteiger partial charge in [0.1, 0.15) is 6.04 Å². The van der Waals surface area contributed by atoms with Crippen LogP contribution in [0.25, 0.3) is 0 Å². The van der Waals surface area contributed by atoms with Crippen LogP contribution in [-0.4, -0.2) is 54.9 Å². The summed E-state index contributed by atoms with van der Waals surface area (Å²) in [6.45, 7) is 3.55. The number of hydrogen-bond donors (Lipinski definition) is 2. The summed E-state index contributed by atoms with van der Waals surface area (Å²) in [6, 6.07) is -0.713. The van der Waals surface area contributed by atoms with Gasteiger partial charge in [0.25, 0.3) is 0 Å². The van der Waals surface area contributed by atoms with E-state index in [-0.39, 0.29) is 43.7 Å². The third-order valence-electron chi connectivity index (χ3n) is 1.00. The second kappa shape index (κ2) is 5.47. The summed E-state index contributed by atoms with van der Waals surface area (Å²) in [5.41, 5.74) is 5.16. The fourth-order valence-corrected chi connectivity index (χ4v) is 0.285. The van der Waals surface area contributed by atoms with Crippen molar-refractivity contribution in [1.29, 1.82) is 0 Å². The molecule has 0 aromatic heterocycles. The molecule has 3 N–H and O–H groups in total. The van der Waals surface area contributed by atoms with E-state index in [1.54, 1.807) is 13.8 Å². The van der Waals surface area contributed by atoms with Gasteiger partial charge in [-0.15, -0.1) is 0 Å². The number of nitrogens with two attached hydrogens (primary N) is 1. The van der Waals surface area contributed by atoms with E-state index in [9.17, 15) is 4.79 Å². The Bertz CT molecular complexity index is 95.0. The third-order valence-corrected chi connectivity index (χ3v) is 1.00. The van der Waals surface area contributed by atoms with Crippen molar-refractivity contribution in [1.82, 2.24) is 0 Å². The van der Waals surface area contributed by atoms with Crippen molar-refractivity contribution >= 4 is 43.7 Å². The van der Waals surface area contributed by atoms with Gasteiger partial charge in [-0.05, 0) is 5.92 Å². The van der Waals surface area contributed by atoms with Gasteiger partial charge in [-0.25, -0.2) is 0 Å². The Hall–Kier alpha value is 0.690. The molecule has 0 aliphatic carbocycles. The van der Waals surface area contributed by atoms with Gasteiger partial charge >= 0.3 is 43.7 Å². The van der Waals surface area contributed by atoms with E-state index in [4.69, 9.17) is 10.8 Å². The zero-order chi connectivity index (χ0) is 6.73. The molecule has 0 amide bonds. The molecule has 1 atom stereocenters. The van der Waals surface area contributed by atoms with Crippen LogP contribution in [0.5, 0.6) is 0 Å². The van der Waals surface area contributed by atoms with Crippen LogP contribution in [-0.2, 0) is 4.79 Å². The number of hydrogen-bond acceptors (Lipinski definition) is 2. The fraction of sp³-hybridized carbons (Fsp3) is 0.800. The maximum absolute atomic E-state index is 10.0. The quantitative estimate of drug-likeness (QED) is 0.515. The number of carbonyl (C=O) groups is 1. The van der Waals surface area contributed by atoms with Crippen molar-refractivity contribution in [3.63, 3.8) is 0 Å². The predicted molar refractivity (Wildman–Crippen MR) is 39.0 cm³/mol. The van der Waals surface area contributed by atoms with E-state index in [0.717, 1.165) is 0 Å². The van der Waals surface area contributed by atoms with Crippen LogP contribution in [0.2, 0.25) is 0 Å². The van der Waals surface area contributed by atoms with E-state index in [2.05, 4.69) is 0 Å². The normalized spacial score (nSPS) is 12.4. The molecule has 0 saturated heterocycles. The zero-order valence-electron chi connectivity index (χ0n) is 5.09. The molecule has 0 aliphatic heterocycles. The molecule has 0 rings (SSSR count). The minimum atomic E-state index is -0.931. The van der Waals surface area contributed by atoms with Gasteiger partial charge in [-0.3, -0.25) is 4.79 Å². The Kier molecular flexibility index (Phi) is 7.52. The van der Waals surface area contributed by atoms with Crippen LogP contribution in [0.3, 0.4) is 0 Å². The second-order valence-electron chi connectivity index (χ2n) is 2.11. The van der Waals surface area contributed by atoms with E-state index < -0.39 is 12.0 Å². The monoisotopic (exact) mass is 159 g/mol. The zero-order valence-corrected chi connectivity index (χ0v) is 5.09. The first-order valence-corrected chi connectivity index (χ1v) is 2.54. The summed E-state index contributed by atoms with van der Waals surface area (Å²) in [5.74, 6) is -0.910.